The fraction of sp³-hybridized carbons (Fsp3) is 0.522. The molecule has 11 N–H and O–H groups in total. The Morgan fingerprint density at radius 2 is 1.45 bits per heavy atom. The van der Waals surface area contributed by atoms with Crippen molar-refractivity contribution in [3.05, 3.63) is 18.2 Å². The summed E-state index contributed by atoms with van der Waals surface area (Å²) in [6, 6.07) is -6.69. The van der Waals surface area contributed by atoms with Crippen LogP contribution in [0, 0.1) is 0 Å². The molecule has 0 bridgehead atoms. The van der Waals surface area contributed by atoms with E-state index in [0.29, 0.717) is 5.69 Å². The summed E-state index contributed by atoms with van der Waals surface area (Å²) in [5.74, 6) is -7.09. The number of aromatic nitrogens is 2. The van der Waals surface area contributed by atoms with Crippen molar-refractivity contribution in [3.8, 4) is 0 Å². The summed E-state index contributed by atoms with van der Waals surface area (Å²) < 4.78 is 0. The van der Waals surface area contributed by atoms with Gasteiger partial charge in [0.2, 0.25) is 47.3 Å². The van der Waals surface area contributed by atoms with Crippen LogP contribution in [0.1, 0.15) is 31.9 Å². The van der Waals surface area contributed by atoms with E-state index in [1.165, 1.54) is 19.4 Å². The average Bonchev–Trinajstić information content (AvgIpc) is 3.43. The van der Waals surface area contributed by atoms with Gasteiger partial charge in [-0.2, -0.15) is 12.6 Å². The van der Waals surface area contributed by atoms with Gasteiger partial charge in [-0.1, -0.05) is 0 Å². The number of nitrogens with zero attached hydrogens (tertiary/aromatic N) is 1. The molecule has 19 heteroatoms. The molecule has 1 aliphatic rings. The lowest BCUT2D eigenvalue weighted by molar-refractivity contribution is -0.136. The molecule has 1 saturated heterocycles. The Balaban J connectivity index is 2.41. The maximum absolute atomic E-state index is 13.2. The smallest absolute Gasteiger partial charge is 0.244 e. The van der Waals surface area contributed by atoms with Crippen LogP contribution in [0.25, 0.3) is 0 Å². The average molecular weight is 611 g/mol. The Labute approximate surface area is 245 Å². The third-order valence-corrected chi connectivity index (χ3v) is 6.34. The van der Waals surface area contributed by atoms with Crippen LogP contribution < -0.4 is 43.4 Å². The van der Waals surface area contributed by atoms with Crippen molar-refractivity contribution in [2.45, 2.75) is 62.8 Å². The molecule has 1 aromatic heterocycles. The molecular formula is C23H34N10O8S. The minimum absolute atomic E-state index is 0.0941. The third-order valence-electron chi connectivity index (χ3n) is 5.97. The van der Waals surface area contributed by atoms with Gasteiger partial charge in [0.15, 0.2) is 0 Å². The predicted molar refractivity (Wildman–Crippen MR) is 147 cm³/mol. The minimum atomic E-state index is -1.51. The van der Waals surface area contributed by atoms with Gasteiger partial charge in [-0.15, -0.1) is 0 Å². The van der Waals surface area contributed by atoms with Crippen molar-refractivity contribution in [2.75, 3.05) is 12.3 Å². The first-order valence-corrected chi connectivity index (χ1v) is 13.4. The second kappa shape index (κ2) is 15.9. The van der Waals surface area contributed by atoms with Crippen LogP contribution in [-0.4, -0.2) is 99.7 Å². The molecule has 0 unspecified atom stereocenters. The van der Waals surface area contributed by atoms with E-state index in [0.717, 1.165) is 0 Å². The largest absolute Gasteiger partial charge is 0.370 e. The minimum Gasteiger partial charge on any atom is -0.370 e. The van der Waals surface area contributed by atoms with Crippen molar-refractivity contribution >= 4 is 59.9 Å². The lowest BCUT2D eigenvalue weighted by atomic mass is 10.1. The Kier molecular flexibility index (Phi) is 12.7. The number of H-pyrrole nitrogens is 1. The number of nitrogens with two attached hydrogens (primary N) is 2. The van der Waals surface area contributed by atoms with Gasteiger partial charge >= 0.3 is 0 Å². The van der Waals surface area contributed by atoms with E-state index in [2.05, 4.69) is 54.5 Å². The molecular weight excluding hydrogens is 576 g/mol. The molecule has 0 radical (unpaired) electrons. The van der Waals surface area contributed by atoms with Gasteiger partial charge in [0.05, 0.1) is 19.3 Å². The zero-order valence-electron chi connectivity index (χ0n) is 22.6. The molecule has 42 heavy (non-hydrogen) atoms. The Bertz CT molecular complexity index is 1190. The molecule has 5 atom stereocenters. The number of nitrogens with one attached hydrogen (secondary N) is 7. The fourth-order valence-corrected chi connectivity index (χ4v) is 4.00. The topological polar surface area (TPSA) is 289 Å². The zero-order chi connectivity index (χ0) is 31.4. The molecule has 2 heterocycles. The van der Waals surface area contributed by atoms with Crippen LogP contribution in [0.4, 0.5) is 0 Å². The number of primary amides is 2. The normalized spacial score (nSPS) is 25.0. The summed E-state index contributed by atoms with van der Waals surface area (Å²) in [6.07, 6.45) is 1.49. The van der Waals surface area contributed by atoms with Crippen molar-refractivity contribution in [2.24, 2.45) is 11.5 Å². The van der Waals surface area contributed by atoms with Crippen LogP contribution >= 0.6 is 12.6 Å². The molecule has 18 nitrogen and oxygen atoms in total. The molecule has 1 fully saturated rings. The Hall–Kier alpha value is -4.68. The number of hydrogen-bond acceptors (Lipinski definition) is 10. The van der Waals surface area contributed by atoms with Crippen LogP contribution in [-0.2, 0) is 44.8 Å². The molecule has 1 aliphatic heterocycles. The van der Waals surface area contributed by atoms with Crippen molar-refractivity contribution in [1.29, 1.82) is 0 Å². The molecule has 0 aliphatic carbocycles. The van der Waals surface area contributed by atoms with Crippen molar-refractivity contribution < 1.29 is 38.4 Å². The highest BCUT2D eigenvalue weighted by Crippen LogP contribution is 2.04. The number of rotatable bonds is 8. The van der Waals surface area contributed by atoms with Crippen LogP contribution in [0.3, 0.4) is 0 Å². The summed E-state index contributed by atoms with van der Waals surface area (Å²) in [5, 5.41) is 14.2. The summed E-state index contributed by atoms with van der Waals surface area (Å²) in [6.45, 7) is 0.610. The quantitative estimate of drug-likeness (QED) is 0.125. The van der Waals surface area contributed by atoms with Gasteiger partial charge in [0.1, 0.15) is 30.2 Å². The van der Waals surface area contributed by atoms with Crippen molar-refractivity contribution in [1.82, 2.24) is 41.9 Å². The first kappa shape index (κ1) is 33.5. The Morgan fingerprint density at radius 3 is 2.05 bits per heavy atom. The highest BCUT2D eigenvalue weighted by atomic mass is 32.1. The van der Waals surface area contributed by atoms with Gasteiger partial charge in [0, 0.05) is 30.5 Å². The van der Waals surface area contributed by atoms with Crippen LogP contribution in [0.15, 0.2) is 12.5 Å². The summed E-state index contributed by atoms with van der Waals surface area (Å²) in [5.41, 5.74) is 10.8. The molecule has 0 aromatic carbocycles. The molecule has 8 amide bonds. The summed E-state index contributed by atoms with van der Waals surface area (Å²) in [4.78, 5) is 107. The third kappa shape index (κ3) is 10.7. The van der Waals surface area contributed by atoms with Gasteiger partial charge in [-0.3, -0.25) is 38.4 Å². The van der Waals surface area contributed by atoms with Crippen LogP contribution in [0.5, 0.6) is 0 Å². The first-order chi connectivity index (χ1) is 19.8. The zero-order valence-corrected chi connectivity index (χ0v) is 23.5. The fourth-order valence-electron chi connectivity index (χ4n) is 3.74. The lowest BCUT2D eigenvalue weighted by Crippen LogP contribution is -2.60. The molecule has 0 spiro atoms. The van der Waals surface area contributed by atoms with Gasteiger partial charge < -0.3 is 48.4 Å². The Morgan fingerprint density at radius 1 is 0.833 bits per heavy atom. The molecule has 1 aromatic rings. The number of hydrogen-bond donors (Lipinski definition) is 10. The lowest BCUT2D eigenvalue weighted by Gasteiger charge is -2.26. The van der Waals surface area contributed by atoms with E-state index >= 15 is 0 Å². The first-order valence-electron chi connectivity index (χ1n) is 12.7. The maximum Gasteiger partial charge on any atom is 0.244 e. The number of aromatic amines is 1. The van der Waals surface area contributed by atoms with E-state index in [4.69, 9.17) is 11.5 Å². The second-order valence-electron chi connectivity index (χ2n) is 9.39. The monoisotopic (exact) mass is 610 g/mol. The number of thiol groups is 1. The second-order valence-corrected chi connectivity index (χ2v) is 9.76. The van der Waals surface area contributed by atoms with E-state index in [9.17, 15) is 38.4 Å². The van der Waals surface area contributed by atoms with E-state index < -0.39 is 90.4 Å². The number of imidazole rings is 1. The van der Waals surface area contributed by atoms with Gasteiger partial charge in [-0.25, -0.2) is 4.98 Å². The molecule has 2 rings (SSSR count). The van der Waals surface area contributed by atoms with Gasteiger partial charge in [-0.05, 0) is 13.3 Å². The number of carbonyl (C=O) groups is 8. The van der Waals surface area contributed by atoms with E-state index in [1.807, 2.05) is 0 Å². The number of amides is 8. The van der Waals surface area contributed by atoms with Crippen molar-refractivity contribution in [3.63, 3.8) is 0 Å². The number of carbonyl (C=O) groups excluding carboxylic acids is 8. The maximum atomic E-state index is 13.2. The summed E-state index contributed by atoms with van der Waals surface area (Å²) in [7, 11) is 0. The standard InChI is InChI=1S/C23H34N10O8S/c1-10-19(37)31-14(5-17(25)35)20(38)27-7-18(36)30-12(2-3-16(24)34)21(39)33-15(8-42)23(41)32-13(22(40)29-10)4-11-6-26-9-28-11/h6,9-10,12-15,42H,2-5,7-8H2,1H3,(H2,24,34)(H2,25,35)(H,26,28)(H,27,38)(H,29,40)(H,30,36)(H,31,37)(H,32,41)(H,33,39)/t10-,12+,13+,14+,15-/m1/s1. The SMILES string of the molecule is C[C@H]1NC(=O)[C@H](Cc2cnc[nH]2)NC(=O)[C@@H](CS)NC(=O)[C@H](CCC(N)=O)NC(=O)CNC(=O)[C@H](CC(N)=O)NC1=O. The highest BCUT2D eigenvalue weighted by molar-refractivity contribution is 7.80. The molecule has 0 saturated carbocycles. The van der Waals surface area contributed by atoms with Gasteiger partial charge in [0.25, 0.3) is 0 Å². The van der Waals surface area contributed by atoms with E-state index in [-0.39, 0.29) is 25.0 Å². The van der Waals surface area contributed by atoms with Crippen LogP contribution in [0.2, 0.25) is 0 Å². The highest BCUT2D eigenvalue weighted by Gasteiger charge is 2.32. The predicted octanol–water partition coefficient (Wildman–Crippen LogP) is -5.40. The molecule has 230 valence electrons. The van der Waals surface area contributed by atoms with E-state index in [1.54, 1.807) is 0 Å². The summed E-state index contributed by atoms with van der Waals surface area (Å²) >= 11 is 4.11.